The Bertz CT molecular complexity index is 607. The highest BCUT2D eigenvalue weighted by Gasteiger charge is 2.23. The van der Waals surface area contributed by atoms with E-state index < -0.39 is 0 Å². The van der Waals surface area contributed by atoms with Crippen molar-refractivity contribution in [2.75, 3.05) is 46.9 Å². The van der Waals surface area contributed by atoms with Crippen LogP contribution in [0.5, 0.6) is 11.5 Å². The van der Waals surface area contributed by atoms with Crippen LogP contribution in [0.4, 0.5) is 0 Å². The van der Waals surface area contributed by atoms with Crippen LogP contribution in [0, 0.1) is 5.92 Å². The van der Waals surface area contributed by atoms with Crippen molar-refractivity contribution in [1.29, 1.82) is 0 Å². The number of ketones is 1. The molecule has 1 amide bonds. The number of nitrogens with zero attached hydrogens (tertiary/aromatic N) is 2. The van der Waals surface area contributed by atoms with E-state index >= 15 is 0 Å². The smallest absolute Gasteiger partial charge is 0.222 e. The Labute approximate surface area is 149 Å². The van der Waals surface area contributed by atoms with E-state index in [2.05, 4.69) is 18.7 Å². The molecule has 1 heterocycles. The number of hydrogen-bond acceptors (Lipinski definition) is 5. The second-order valence-corrected chi connectivity index (χ2v) is 6.75. The number of methoxy groups -OCH3 is 2. The third-order valence-electron chi connectivity index (χ3n) is 4.38. The number of carbonyl (C=O) groups is 2. The lowest BCUT2D eigenvalue weighted by atomic mass is 10.1. The van der Waals surface area contributed by atoms with Gasteiger partial charge in [0.05, 0.1) is 20.8 Å². The highest BCUT2D eigenvalue weighted by molar-refractivity contribution is 5.98. The van der Waals surface area contributed by atoms with E-state index in [1.54, 1.807) is 32.4 Å². The molecular formula is C19H28N2O4. The molecule has 138 valence electrons. The molecule has 0 atom stereocenters. The molecule has 0 unspecified atom stereocenters. The monoisotopic (exact) mass is 348 g/mol. The number of hydrogen-bond donors (Lipinski definition) is 0. The molecule has 0 aliphatic carbocycles. The summed E-state index contributed by atoms with van der Waals surface area (Å²) in [7, 11) is 3.12. The quantitative estimate of drug-likeness (QED) is 0.706. The van der Waals surface area contributed by atoms with Gasteiger partial charge in [0.2, 0.25) is 5.91 Å². The average Bonchev–Trinajstić information content (AvgIpc) is 2.61. The third kappa shape index (κ3) is 5.19. The molecule has 0 spiro atoms. The van der Waals surface area contributed by atoms with Crippen LogP contribution in [0.3, 0.4) is 0 Å². The standard InChI is InChI=1S/C19H28N2O4/c1-14(2)11-19(23)21-9-7-20(8-10-21)13-16(22)15-5-6-17(24-3)18(12-15)25-4/h5-6,12,14H,7-11,13H2,1-4H3. The third-order valence-corrected chi connectivity index (χ3v) is 4.38. The fourth-order valence-electron chi connectivity index (χ4n) is 2.94. The first-order valence-electron chi connectivity index (χ1n) is 8.70. The van der Waals surface area contributed by atoms with Gasteiger partial charge in [-0.15, -0.1) is 0 Å². The molecule has 1 aromatic rings. The lowest BCUT2D eigenvalue weighted by molar-refractivity contribution is -0.133. The summed E-state index contributed by atoms with van der Waals surface area (Å²) in [5.74, 6) is 1.79. The summed E-state index contributed by atoms with van der Waals surface area (Å²) in [6.45, 7) is 7.27. The van der Waals surface area contributed by atoms with Gasteiger partial charge in [0.25, 0.3) is 0 Å². The van der Waals surface area contributed by atoms with Gasteiger partial charge in [-0.2, -0.15) is 0 Å². The minimum Gasteiger partial charge on any atom is -0.493 e. The maximum absolute atomic E-state index is 12.5. The first-order valence-corrected chi connectivity index (χ1v) is 8.70. The molecule has 1 aliphatic rings. The minimum atomic E-state index is 0.0444. The van der Waals surface area contributed by atoms with E-state index in [4.69, 9.17) is 9.47 Å². The second kappa shape index (κ2) is 8.85. The number of benzene rings is 1. The van der Waals surface area contributed by atoms with Crippen LogP contribution in [-0.4, -0.2) is 68.4 Å². The number of carbonyl (C=O) groups excluding carboxylic acids is 2. The van der Waals surface area contributed by atoms with Crippen molar-refractivity contribution >= 4 is 11.7 Å². The van der Waals surface area contributed by atoms with Gasteiger partial charge in [-0.25, -0.2) is 0 Å². The molecule has 0 bridgehead atoms. The highest BCUT2D eigenvalue weighted by atomic mass is 16.5. The highest BCUT2D eigenvalue weighted by Crippen LogP contribution is 2.27. The van der Waals surface area contributed by atoms with Crippen LogP contribution in [0.1, 0.15) is 30.6 Å². The van der Waals surface area contributed by atoms with Gasteiger partial charge in [-0.05, 0) is 24.1 Å². The first kappa shape index (κ1) is 19.2. The van der Waals surface area contributed by atoms with E-state index in [-0.39, 0.29) is 11.7 Å². The van der Waals surface area contributed by atoms with E-state index in [1.807, 2.05) is 4.90 Å². The summed E-state index contributed by atoms with van der Waals surface area (Å²) in [4.78, 5) is 28.6. The zero-order valence-corrected chi connectivity index (χ0v) is 15.6. The Hall–Kier alpha value is -2.08. The molecule has 0 aromatic heterocycles. The van der Waals surface area contributed by atoms with E-state index in [1.165, 1.54) is 0 Å². The maximum atomic E-state index is 12.5. The van der Waals surface area contributed by atoms with Crippen molar-refractivity contribution in [3.05, 3.63) is 23.8 Å². The van der Waals surface area contributed by atoms with Crippen molar-refractivity contribution in [3.8, 4) is 11.5 Å². The summed E-state index contributed by atoms with van der Waals surface area (Å²) < 4.78 is 10.5. The van der Waals surface area contributed by atoms with Gasteiger partial charge in [0.1, 0.15) is 0 Å². The Kier molecular flexibility index (Phi) is 6.82. The summed E-state index contributed by atoms with van der Waals surface area (Å²) in [5, 5.41) is 0. The molecule has 1 fully saturated rings. The largest absolute Gasteiger partial charge is 0.493 e. The first-order chi connectivity index (χ1) is 11.9. The number of piperazine rings is 1. The summed E-state index contributed by atoms with van der Waals surface area (Å²) in [5.41, 5.74) is 0.607. The molecule has 6 nitrogen and oxygen atoms in total. The van der Waals surface area contributed by atoms with Gasteiger partial charge in [0, 0.05) is 38.2 Å². The molecule has 1 saturated heterocycles. The van der Waals surface area contributed by atoms with E-state index in [0.29, 0.717) is 49.0 Å². The number of rotatable bonds is 7. The molecule has 25 heavy (non-hydrogen) atoms. The predicted molar refractivity (Wildman–Crippen MR) is 96.4 cm³/mol. The molecular weight excluding hydrogens is 320 g/mol. The number of amides is 1. The van der Waals surface area contributed by atoms with Gasteiger partial charge in [0.15, 0.2) is 17.3 Å². The van der Waals surface area contributed by atoms with Crippen LogP contribution in [-0.2, 0) is 4.79 Å². The SMILES string of the molecule is COc1ccc(C(=O)CN2CCN(C(=O)CC(C)C)CC2)cc1OC. The molecule has 1 aromatic carbocycles. The van der Waals surface area contributed by atoms with Gasteiger partial charge >= 0.3 is 0 Å². The van der Waals surface area contributed by atoms with Gasteiger partial charge < -0.3 is 14.4 Å². The lowest BCUT2D eigenvalue weighted by Gasteiger charge is -2.34. The van der Waals surface area contributed by atoms with Gasteiger partial charge in [-0.3, -0.25) is 14.5 Å². The zero-order chi connectivity index (χ0) is 18.4. The Morgan fingerprint density at radius 2 is 1.68 bits per heavy atom. The lowest BCUT2D eigenvalue weighted by Crippen LogP contribution is -2.50. The Morgan fingerprint density at radius 1 is 1.04 bits per heavy atom. The van der Waals surface area contributed by atoms with E-state index in [9.17, 15) is 9.59 Å². The normalized spacial score (nSPS) is 15.3. The molecule has 0 N–H and O–H groups in total. The van der Waals surface area contributed by atoms with Crippen LogP contribution in [0.15, 0.2) is 18.2 Å². The van der Waals surface area contributed by atoms with Gasteiger partial charge in [-0.1, -0.05) is 13.8 Å². The zero-order valence-electron chi connectivity index (χ0n) is 15.6. The Balaban J connectivity index is 1.89. The number of ether oxygens (including phenoxy) is 2. The predicted octanol–water partition coefficient (Wildman–Crippen LogP) is 2.08. The fraction of sp³-hybridized carbons (Fsp3) is 0.579. The van der Waals surface area contributed by atoms with Crippen LogP contribution < -0.4 is 9.47 Å². The summed E-state index contributed by atoms with van der Waals surface area (Å²) in [6, 6.07) is 5.21. The molecule has 2 rings (SSSR count). The molecule has 1 aliphatic heterocycles. The molecule has 0 radical (unpaired) electrons. The van der Waals surface area contributed by atoms with Crippen LogP contribution in [0.25, 0.3) is 0 Å². The van der Waals surface area contributed by atoms with Crippen molar-refractivity contribution in [3.63, 3.8) is 0 Å². The van der Waals surface area contributed by atoms with Crippen LogP contribution in [0.2, 0.25) is 0 Å². The van der Waals surface area contributed by atoms with E-state index in [0.717, 1.165) is 13.1 Å². The fourth-order valence-corrected chi connectivity index (χ4v) is 2.94. The molecule has 6 heteroatoms. The van der Waals surface area contributed by atoms with Crippen molar-refractivity contribution in [2.24, 2.45) is 5.92 Å². The summed E-state index contributed by atoms with van der Waals surface area (Å²) in [6.07, 6.45) is 0.588. The topological polar surface area (TPSA) is 59.1 Å². The maximum Gasteiger partial charge on any atom is 0.222 e. The van der Waals surface area contributed by atoms with Crippen molar-refractivity contribution < 1.29 is 19.1 Å². The molecule has 0 saturated carbocycles. The van der Waals surface area contributed by atoms with Crippen molar-refractivity contribution in [2.45, 2.75) is 20.3 Å². The number of Topliss-reactive ketones (excluding diaryl/α,β-unsaturated/α-hetero) is 1. The van der Waals surface area contributed by atoms with Crippen LogP contribution >= 0.6 is 0 Å². The average molecular weight is 348 g/mol. The second-order valence-electron chi connectivity index (χ2n) is 6.75. The van der Waals surface area contributed by atoms with Crippen molar-refractivity contribution in [1.82, 2.24) is 9.80 Å². The summed E-state index contributed by atoms with van der Waals surface area (Å²) >= 11 is 0. The minimum absolute atomic E-state index is 0.0444. The Morgan fingerprint density at radius 3 is 2.24 bits per heavy atom.